The number of nitrogens with two attached hydrogens (primary N) is 1. The first-order valence-electron chi connectivity index (χ1n) is 5.98. The van der Waals surface area contributed by atoms with Gasteiger partial charge in [-0.25, -0.2) is 4.98 Å². The maximum Gasteiger partial charge on any atom is 0.157 e. The van der Waals surface area contributed by atoms with E-state index in [1.165, 1.54) is 0 Å². The summed E-state index contributed by atoms with van der Waals surface area (Å²) in [6.45, 7) is 0. The van der Waals surface area contributed by atoms with Crippen LogP contribution in [-0.2, 0) is 6.42 Å². The maximum atomic E-state index is 5.85. The first-order chi connectivity index (χ1) is 9.26. The van der Waals surface area contributed by atoms with Gasteiger partial charge >= 0.3 is 0 Å². The summed E-state index contributed by atoms with van der Waals surface area (Å²) in [4.78, 5) is 4.23. The van der Waals surface area contributed by atoms with Crippen LogP contribution in [0.25, 0.3) is 5.65 Å². The number of aromatic nitrogens is 3. The predicted octanol–water partition coefficient (Wildman–Crippen LogP) is 1.91. The Morgan fingerprint density at radius 3 is 2.95 bits per heavy atom. The zero-order valence-corrected chi connectivity index (χ0v) is 10.6. The minimum atomic E-state index is 0.585. The lowest BCUT2D eigenvalue weighted by Crippen LogP contribution is -1.99. The summed E-state index contributed by atoms with van der Waals surface area (Å²) in [5.41, 5.74) is 8.68. The minimum absolute atomic E-state index is 0.585. The molecule has 5 nitrogen and oxygen atoms in total. The van der Waals surface area contributed by atoms with Crippen LogP contribution in [0.1, 0.15) is 11.3 Å². The molecule has 0 bridgehead atoms. The number of hydrogen-bond donors (Lipinski definition) is 1. The van der Waals surface area contributed by atoms with Crippen molar-refractivity contribution in [3.8, 4) is 5.75 Å². The number of fused-ring (bicyclic) bond motifs is 1. The number of benzene rings is 1. The van der Waals surface area contributed by atoms with E-state index < -0.39 is 0 Å². The van der Waals surface area contributed by atoms with E-state index in [1.807, 2.05) is 30.3 Å². The Hall–Kier alpha value is -2.56. The molecule has 0 fully saturated rings. The predicted molar refractivity (Wildman–Crippen MR) is 73.2 cm³/mol. The molecule has 3 rings (SSSR count). The third kappa shape index (κ3) is 2.22. The Kier molecular flexibility index (Phi) is 2.79. The standard InChI is InChI=1S/C14H14N4O/c1-19-12-4-2-3-10(8-12)7-11-9-14-16-6-5-13(15)18(14)17-11/h2-6,8-9H,7,15H2,1H3. The fraction of sp³-hybridized carbons (Fsp3) is 0.143. The zero-order valence-electron chi connectivity index (χ0n) is 10.6. The second-order valence-electron chi connectivity index (χ2n) is 4.30. The summed E-state index contributed by atoms with van der Waals surface area (Å²) in [6, 6.07) is 11.6. The molecule has 0 aliphatic heterocycles. The van der Waals surface area contributed by atoms with Crippen LogP contribution < -0.4 is 10.5 Å². The zero-order chi connectivity index (χ0) is 13.2. The summed E-state index contributed by atoms with van der Waals surface area (Å²) in [7, 11) is 1.66. The molecule has 2 heterocycles. The quantitative estimate of drug-likeness (QED) is 0.775. The van der Waals surface area contributed by atoms with Crippen molar-refractivity contribution >= 4 is 11.5 Å². The smallest absolute Gasteiger partial charge is 0.157 e. The molecule has 19 heavy (non-hydrogen) atoms. The minimum Gasteiger partial charge on any atom is -0.497 e. The van der Waals surface area contributed by atoms with Gasteiger partial charge < -0.3 is 10.5 Å². The highest BCUT2D eigenvalue weighted by molar-refractivity contribution is 5.47. The largest absolute Gasteiger partial charge is 0.497 e. The van der Waals surface area contributed by atoms with Gasteiger partial charge in [0.2, 0.25) is 0 Å². The molecule has 0 saturated carbocycles. The maximum absolute atomic E-state index is 5.85. The first-order valence-corrected chi connectivity index (χ1v) is 5.98. The molecular formula is C14H14N4O. The Morgan fingerprint density at radius 1 is 1.26 bits per heavy atom. The lowest BCUT2D eigenvalue weighted by molar-refractivity contribution is 0.414. The van der Waals surface area contributed by atoms with Crippen LogP contribution in [0.3, 0.4) is 0 Å². The lowest BCUT2D eigenvalue weighted by Gasteiger charge is -2.02. The lowest BCUT2D eigenvalue weighted by atomic mass is 10.1. The molecule has 0 saturated heterocycles. The van der Waals surface area contributed by atoms with Crippen molar-refractivity contribution in [3.63, 3.8) is 0 Å². The molecule has 96 valence electrons. The number of nitrogens with zero attached hydrogens (tertiary/aromatic N) is 3. The van der Waals surface area contributed by atoms with E-state index in [0.717, 1.165) is 29.1 Å². The third-order valence-electron chi connectivity index (χ3n) is 2.96. The molecule has 0 amide bonds. The Balaban J connectivity index is 1.94. The van der Waals surface area contributed by atoms with Gasteiger partial charge in [-0.3, -0.25) is 0 Å². The van der Waals surface area contributed by atoms with Gasteiger partial charge in [0.1, 0.15) is 11.6 Å². The van der Waals surface area contributed by atoms with E-state index in [4.69, 9.17) is 10.5 Å². The molecule has 3 aromatic rings. The molecule has 1 aromatic carbocycles. The molecule has 0 radical (unpaired) electrons. The molecule has 0 aliphatic carbocycles. The number of methoxy groups -OCH3 is 1. The van der Waals surface area contributed by atoms with E-state index in [1.54, 1.807) is 23.9 Å². The van der Waals surface area contributed by atoms with Crippen molar-refractivity contribution in [1.29, 1.82) is 0 Å². The molecular weight excluding hydrogens is 240 g/mol. The van der Waals surface area contributed by atoms with Crippen LogP contribution in [0.2, 0.25) is 0 Å². The van der Waals surface area contributed by atoms with Gasteiger partial charge in [-0.1, -0.05) is 12.1 Å². The average molecular weight is 254 g/mol. The summed E-state index contributed by atoms with van der Waals surface area (Å²) < 4.78 is 6.86. The van der Waals surface area contributed by atoms with Crippen molar-refractivity contribution in [1.82, 2.24) is 14.6 Å². The van der Waals surface area contributed by atoms with Gasteiger partial charge in [-0.15, -0.1) is 0 Å². The van der Waals surface area contributed by atoms with Crippen molar-refractivity contribution in [2.75, 3.05) is 12.8 Å². The average Bonchev–Trinajstić information content (AvgIpc) is 2.83. The fourth-order valence-corrected chi connectivity index (χ4v) is 2.04. The van der Waals surface area contributed by atoms with Crippen molar-refractivity contribution in [3.05, 3.63) is 53.9 Å². The van der Waals surface area contributed by atoms with E-state index >= 15 is 0 Å². The Labute approximate surface area is 110 Å². The normalized spacial score (nSPS) is 10.8. The molecule has 0 aliphatic rings. The number of anilines is 1. The number of hydrogen-bond acceptors (Lipinski definition) is 4. The van der Waals surface area contributed by atoms with Gasteiger partial charge in [0.25, 0.3) is 0 Å². The summed E-state index contributed by atoms with van der Waals surface area (Å²) in [5.74, 6) is 1.43. The van der Waals surface area contributed by atoms with E-state index in [9.17, 15) is 0 Å². The third-order valence-corrected chi connectivity index (χ3v) is 2.96. The van der Waals surface area contributed by atoms with Gasteiger partial charge in [0.05, 0.1) is 12.8 Å². The molecule has 2 aromatic heterocycles. The second-order valence-corrected chi connectivity index (χ2v) is 4.30. The SMILES string of the molecule is COc1cccc(Cc2cc3nccc(N)n3n2)c1. The van der Waals surface area contributed by atoms with Crippen LogP contribution in [0.4, 0.5) is 5.82 Å². The number of ether oxygens (including phenoxy) is 1. The first kappa shape index (κ1) is 11.5. The van der Waals surface area contributed by atoms with Gasteiger partial charge in [0.15, 0.2) is 5.65 Å². The van der Waals surface area contributed by atoms with Gasteiger partial charge in [-0.2, -0.15) is 9.61 Å². The van der Waals surface area contributed by atoms with Crippen LogP contribution >= 0.6 is 0 Å². The van der Waals surface area contributed by atoms with Crippen molar-refractivity contribution < 1.29 is 4.74 Å². The summed E-state index contributed by atoms with van der Waals surface area (Å²) >= 11 is 0. The Morgan fingerprint density at radius 2 is 2.16 bits per heavy atom. The molecule has 0 atom stereocenters. The number of rotatable bonds is 3. The van der Waals surface area contributed by atoms with Crippen molar-refractivity contribution in [2.24, 2.45) is 0 Å². The monoisotopic (exact) mass is 254 g/mol. The highest BCUT2D eigenvalue weighted by Crippen LogP contribution is 2.16. The highest BCUT2D eigenvalue weighted by Gasteiger charge is 2.06. The topological polar surface area (TPSA) is 65.4 Å². The van der Waals surface area contributed by atoms with Gasteiger partial charge in [0, 0.05) is 18.7 Å². The summed E-state index contributed by atoms with van der Waals surface area (Å²) in [6.07, 6.45) is 2.40. The second kappa shape index (κ2) is 4.61. The highest BCUT2D eigenvalue weighted by atomic mass is 16.5. The van der Waals surface area contributed by atoms with E-state index in [0.29, 0.717) is 5.82 Å². The number of nitrogen functional groups attached to an aromatic ring is 1. The van der Waals surface area contributed by atoms with E-state index in [2.05, 4.69) is 10.1 Å². The van der Waals surface area contributed by atoms with E-state index in [-0.39, 0.29) is 0 Å². The molecule has 0 unspecified atom stereocenters. The Bertz CT molecular complexity index is 720. The molecule has 5 heteroatoms. The summed E-state index contributed by atoms with van der Waals surface area (Å²) in [5, 5.41) is 4.45. The molecule has 0 spiro atoms. The van der Waals surface area contributed by atoms with Gasteiger partial charge in [-0.05, 0) is 23.8 Å². The fourth-order valence-electron chi connectivity index (χ4n) is 2.04. The van der Waals surface area contributed by atoms with Crippen LogP contribution in [0.5, 0.6) is 5.75 Å². The molecule has 2 N–H and O–H groups in total. The van der Waals surface area contributed by atoms with Crippen LogP contribution in [0, 0.1) is 0 Å². The van der Waals surface area contributed by atoms with Crippen LogP contribution in [0.15, 0.2) is 42.6 Å². The van der Waals surface area contributed by atoms with Crippen molar-refractivity contribution in [2.45, 2.75) is 6.42 Å². The van der Waals surface area contributed by atoms with Crippen LogP contribution in [-0.4, -0.2) is 21.7 Å².